The first kappa shape index (κ1) is 24.9. The summed E-state index contributed by atoms with van der Waals surface area (Å²) in [5.74, 6) is 3.16. The number of ether oxygens (including phenoxy) is 1. The van der Waals surface area contributed by atoms with E-state index in [0.29, 0.717) is 22.6 Å². The molecule has 8 nitrogen and oxygen atoms in total. The van der Waals surface area contributed by atoms with Crippen molar-refractivity contribution in [3.63, 3.8) is 0 Å². The van der Waals surface area contributed by atoms with Crippen LogP contribution in [0, 0.1) is 29.1 Å². The lowest BCUT2D eigenvalue weighted by Crippen LogP contribution is -2.55. The van der Waals surface area contributed by atoms with E-state index < -0.39 is 5.41 Å². The molecule has 3 N–H and O–H groups in total. The molecule has 0 unspecified atom stereocenters. The molecule has 9 heteroatoms. The zero-order valence-electron chi connectivity index (χ0n) is 21.4. The third-order valence-electron chi connectivity index (χ3n) is 8.28. The highest BCUT2D eigenvalue weighted by molar-refractivity contribution is 8.00. The van der Waals surface area contributed by atoms with E-state index in [1.807, 2.05) is 13.8 Å². The molecule has 2 amide bonds. The van der Waals surface area contributed by atoms with Crippen molar-refractivity contribution in [2.75, 3.05) is 19.7 Å². The van der Waals surface area contributed by atoms with Gasteiger partial charge in [0.1, 0.15) is 11.5 Å². The summed E-state index contributed by atoms with van der Waals surface area (Å²) in [7, 11) is 0. The van der Waals surface area contributed by atoms with Crippen LogP contribution < -0.4 is 20.7 Å². The minimum Gasteiger partial charge on any atom is -0.474 e. The molecule has 0 spiro atoms. The Morgan fingerprint density at radius 2 is 1.83 bits per heavy atom. The number of carbonyl (C=O) groups excluding carboxylic acids is 2. The molecule has 194 valence electrons. The van der Waals surface area contributed by atoms with Crippen molar-refractivity contribution < 1.29 is 18.8 Å². The quantitative estimate of drug-likeness (QED) is 0.441. The van der Waals surface area contributed by atoms with Crippen molar-refractivity contribution in [1.29, 1.82) is 0 Å². The average molecular weight is 505 g/mol. The Kier molecular flexibility index (Phi) is 7.09. The molecule has 1 saturated heterocycles. The van der Waals surface area contributed by atoms with E-state index in [2.05, 4.69) is 35.0 Å². The first-order valence-corrected chi connectivity index (χ1v) is 14.2. The van der Waals surface area contributed by atoms with E-state index in [0.717, 1.165) is 31.3 Å². The third-order valence-corrected chi connectivity index (χ3v) is 9.35. The number of nitrogens with zero attached hydrogens (tertiary/aromatic N) is 1. The number of thioether (sulfide) groups is 1. The highest BCUT2D eigenvalue weighted by atomic mass is 32.2. The second-order valence-corrected chi connectivity index (χ2v) is 13.7. The van der Waals surface area contributed by atoms with Gasteiger partial charge in [0.2, 0.25) is 11.7 Å². The van der Waals surface area contributed by atoms with Gasteiger partial charge in [-0.1, -0.05) is 13.8 Å². The van der Waals surface area contributed by atoms with Crippen molar-refractivity contribution in [3.05, 3.63) is 5.76 Å². The van der Waals surface area contributed by atoms with Crippen LogP contribution in [0.3, 0.4) is 0 Å². The fourth-order valence-electron chi connectivity index (χ4n) is 6.69. The summed E-state index contributed by atoms with van der Waals surface area (Å²) in [6.45, 7) is 9.71. The Bertz CT molecular complexity index is 912. The molecule has 1 aliphatic heterocycles. The Morgan fingerprint density at radius 1 is 1.14 bits per heavy atom. The zero-order valence-corrected chi connectivity index (χ0v) is 22.2. The maximum absolute atomic E-state index is 13.4. The minimum atomic E-state index is -0.746. The number of carbonyl (C=O) groups is 2. The Balaban J connectivity index is 1.25. The van der Waals surface area contributed by atoms with Gasteiger partial charge in [-0.2, -0.15) is 0 Å². The van der Waals surface area contributed by atoms with Crippen molar-refractivity contribution in [1.82, 2.24) is 21.1 Å². The summed E-state index contributed by atoms with van der Waals surface area (Å²) in [6.07, 6.45) is 7.28. The van der Waals surface area contributed by atoms with E-state index in [1.165, 1.54) is 43.9 Å². The van der Waals surface area contributed by atoms with Crippen LogP contribution >= 0.6 is 11.8 Å². The van der Waals surface area contributed by atoms with E-state index in [4.69, 9.17) is 9.26 Å². The molecule has 1 aromatic rings. The standard InChI is InChI=1S/C26H40N4O4S/c1-14(2)35-22-21(23(31)29-20-17-8-15-7-16(10-17)11-18(20)9-15)34-30-24(22)33-13-26(3,4)25(32)28-19-5-6-27-12-19/h14-20,27H,5-13H2,1-4H3,(H,28,32)(H,29,31)/t15?,16?,17?,18?,19-,20?/m1/s1. The van der Waals surface area contributed by atoms with Gasteiger partial charge >= 0.3 is 0 Å². The summed E-state index contributed by atoms with van der Waals surface area (Å²) in [5, 5.41) is 14.0. The van der Waals surface area contributed by atoms with Crippen LogP contribution in [0.4, 0.5) is 0 Å². The molecule has 1 aromatic heterocycles. The van der Waals surface area contributed by atoms with Crippen LogP contribution in [0.25, 0.3) is 0 Å². The number of aromatic nitrogens is 1. The van der Waals surface area contributed by atoms with Crippen molar-refractivity contribution in [3.8, 4) is 5.88 Å². The van der Waals surface area contributed by atoms with E-state index in [-0.39, 0.29) is 41.5 Å². The number of nitrogens with one attached hydrogen (secondary N) is 3. The lowest BCUT2D eigenvalue weighted by atomic mass is 9.54. The largest absolute Gasteiger partial charge is 0.474 e. The molecule has 0 aromatic carbocycles. The van der Waals surface area contributed by atoms with Crippen LogP contribution in [0.1, 0.15) is 76.8 Å². The van der Waals surface area contributed by atoms with Crippen molar-refractivity contribution in [2.45, 2.75) is 88.4 Å². The second kappa shape index (κ2) is 9.96. The SMILES string of the molecule is CC(C)Sc1c(OCC(C)(C)C(=O)N[C@@H]2CCNC2)noc1C(=O)NC1C2CC3CC(C2)CC1C3. The van der Waals surface area contributed by atoms with Gasteiger partial charge < -0.3 is 25.2 Å². The lowest BCUT2D eigenvalue weighted by Gasteiger charge is -2.54. The highest BCUT2D eigenvalue weighted by Crippen LogP contribution is 2.53. The molecule has 1 atom stereocenters. The smallest absolute Gasteiger partial charge is 0.291 e. The van der Waals surface area contributed by atoms with Gasteiger partial charge in [-0.3, -0.25) is 9.59 Å². The van der Waals surface area contributed by atoms with Gasteiger partial charge in [0.25, 0.3) is 11.8 Å². The summed E-state index contributed by atoms with van der Waals surface area (Å²) in [5.41, 5.74) is -0.746. The molecule has 5 fully saturated rings. The van der Waals surface area contributed by atoms with Crippen molar-refractivity contribution in [2.24, 2.45) is 29.1 Å². The number of hydrogen-bond acceptors (Lipinski definition) is 7. The molecule has 35 heavy (non-hydrogen) atoms. The van der Waals surface area contributed by atoms with E-state index in [1.54, 1.807) is 0 Å². The third kappa shape index (κ3) is 5.36. The molecule has 0 radical (unpaired) electrons. The summed E-state index contributed by atoms with van der Waals surface area (Å²) < 4.78 is 11.6. The number of rotatable bonds is 9. The number of amides is 2. The van der Waals surface area contributed by atoms with Crippen LogP contribution in [0.5, 0.6) is 5.88 Å². The monoisotopic (exact) mass is 504 g/mol. The summed E-state index contributed by atoms with van der Waals surface area (Å²) >= 11 is 1.51. The van der Waals surface area contributed by atoms with Crippen LogP contribution in [-0.2, 0) is 4.79 Å². The maximum Gasteiger partial charge on any atom is 0.291 e. The maximum atomic E-state index is 13.4. The molecule has 6 rings (SSSR count). The van der Waals surface area contributed by atoms with Gasteiger partial charge in [-0.15, -0.1) is 11.8 Å². The molecule has 4 bridgehead atoms. The Labute approximate surface area is 212 Å². The zero-order chi connectivity index (χ0) is 24.7. The molecule has 2 heterocycles. The topological polar surface area (TPSA) is 105 Å². The molecule has 5 aliphatic rings. The van der Waals surface area contributed by atoms with Crippen LogP contribution in [0.2, 0.25) is 0 Å². The molecule has 4 saturated carbocycles. The lowest BCUT2D eigenvalue weighted by molar-refractivity contribution is -0.131. The fraction of sp³-hybridized carbons (Fsp3) is 0.808. The predicted molar refractivity (Wildman–Crippen MR) is 134 cm³/mol. The summed E-state index contributed by atoms with van der Waals surface area (Å²) in [6, 6.07) is 0.385. The van der Waals surface area contributed by atoms with Gasteiger partial charge in [0, 0.05) is 23.9 Å². The Morgan fingerprint density at radius 3 is 2.43 bits per heavy atom. The fourth-order valence-corrected chi connectivity index (χ4v) is 7.60. The second-order valence-electron chi connectivity index (χ2n) is 12.1. The predicted octanol–water partition coefficient (Wildman–Crippen LogP) is 3.61. The minimum absolute atomic E-state index is 0.0485. The molecular weight excluding hydrogens is 464 g/mol. The van der Waals surface area contributed by atoms with Crippen LogP contribution in [-0.4, -0.2) is 54.0 Å². The van der Waals surface area contributed by atoms with Gasteiger partial charge in [0.15, 0.2) is 0 Å². The Hall–Kier alpha value is -1.74. The summed E-state index contributed by atoms with van der Waals surface area (Å²) in [4.78, 5) is 26.8. The van der Waals surface area contributed by atoms with E-state index >= 15 is 0 Å². The first-order chi connectivity index (χ1) is 16.7. The van der Waals surface area contributed by atoms with Gasteiger partial charge in [0.05, 0.1) is 5.41 Å². The normalized spacial score (nSPS) is 31.7. The highest BCUT2D eigenvalue weighted by Gasteiger charge is 2.49. The van der Waals surface area contributed by atoms with Crippen LogP contribution in [0.15, 0.2) is 9.42 Å². The molecule has 4 aliphatic carbocycles. The van der Waals surface area contributed by atoms with E-state index in [9.17, 15) is 9.59 Å². The van der Waals surface area contributed by atoms with Gasteiger partial charge in [-0.25, -0.2) is 0 Å². The molecular formula is C26H40N4O4S. The van der Waals surface area contributed by atoms with Gasteiger partial charge in [-0.05, 0) is 87.7 Å². The number of hydrogen-bond donors (Lipinski definition) is 3. The van der Waals surface area contributed by atoms with Crippen molar-refractivity contribution >= 4 is 23.6 Å². The first-order valence-electron chi connectivity index (χ1n) is 13.3. The average Bonchev–Trinajstić information content (AvgIpc) is 3.44.